The number of hydrogen-bond donors (Lipinski definition) is 2. The molecule has 1 fully saturated rings. The van der Waals surface area contributed by atoms with Gasteiger partial charge in [-0.05, 0) is 0 Å². The maximum absolute atomic E-state index is 10.5. The van der Waals surface area contributed by atoms with Crippen LogP contribution in [0.25, 0.3) is 0 Å². The van der Waals surface area contributed by atoms with Crippen LogP contribution in [0.5, 0.6) is 0 Å². The highest BCUT2D eigenvalue weighted by Crippen LogP contribution is 2.01. The quantitative estimate of drug-likeness (QED) is 0.491. The van der Waals surface area contributed by atoms with E-state index < -0.39 is 10.1 Å². The standard InChI is InChI=1S/C8H18N2O4S.C4H12N/c11-7-5-9-1-3-10(4-2-9)6-8-15(12,13)14;1-5(2,3)4/h11H,1-8H2,(H,12,13,14);1-4H3/q;+1. The fourth-order valence-electron chi connectivity index (χ4n) is 1.62. The predicted octanol–water partition coefficient (Wildman–Crippen LogP) is -1.19. The minimum atomic E-state index is -3.84. The van der Waals surface area contributed by atoms with Gasteiger partial charge in [0.1, 0.15) is 0 Å². The van der Waals surface area contributed by atoms with Crippen LogP contribution in [0.1, 0.15) is 0 Å². The van der Waals surface area contributed by atoms with E-state index in [4.69, 9.17) is 9.66 Å². The van der Waals surface area contributed by atoms with Crippen LogP contribution < -0.4 is 0 Å². The highest BCUT2D eigenvalue weighted by molar-refractivity contribution is 7.85. The van der Waals surface area contributed by atoms with Crippen LogP contribution >= 0.6 is 0 Å². The Labute approximate surface area is 123 Å². The molecule has 1 aliphatic heterocycles. The van der Waals surface area contributed by atoms with Gasteiger partial charge in [0.25, 0.3) is 10.1 Å². The van der Waals surface area contributed by atoms with Gasteiger partial charge in [0.15, 0.2) is 0 Å². The van der Waals surface area contributed by atoms with E-state index in [1.807, 2.05) is 4.90 Å². The molecule has 8 heteroatoms. The van der Waals surface area contributed by atoms with Gasteiger partial charge in [0.2, 0.25) is 0 Å². The van der Waals surface area contributed by atoms with Crippen LogP contribution in [0.3, 0.4) is 0 Å². The van der Waals surface area contributed by atoms with Gasteiger partial charge in [-0.15, -0.1) is 0 Å². The van der Waals surface area contributed by atoms with Crippen molar-refractivity contribution >= 4 is 10.1 Å². The molecule has 0 saturated carbocycles. The third-order valence-corrected chi connectivity index (χ3v) is 3.25. The number of aliphatic hydroxyl groups excluding tert-OH is 1. The second kappa shape index (κ2) is 8.91. The highest BCUT2D eigenvalue weighted by atomic mass is 32.2. The lowest BCUT2D eigenvalue weighted by atomic mass is 10.3. The lowest BCUT2D eigenvalue weighted by Crippen LogP contribution is -2.48. The topological polar surface area (TPSA) is 81.1 Å². The molecule has 0 aromatic rings. The number of nitrogens with zero attached hydrogens (tertiary/aromatic N) is 3. The molecule has 20 heavy (non-hydrogen) atoms. The SMILES string of the molecule is C[N+](C)(C)C.O=S(=O)(O)CCN1CCN(CCO)CC1. The molecule has 2 N–H and O–H groups in total. The Morgan fingerprint density at radius 2 is 1.30 bits per heavy atom. The van der Waals surface area contributed by atoms with Crippen molar-refractivity contribution in [3.8, 4) is 0 Å². The number of β-amino-alcohol motifs (C(OH)–C–C–N with tert-alkyl or cyclic N) is 1. The summed E-state index contributed by atoms with van der Waals surface area (Å²) in [7, 11) is 4.66. The van der Waals surface area contributed by atoms with Gasteiger partial charge in [-0.1, -0.05) is 0 Å². The molecule has 0 aromatic heterocycles. The first-order chi connectivity index (χ1) is 9.01. The summed E-state index contributed by atoms with van der Waals surface area (Å²) in [5.74, 6) is -0.201. The van der Waals surface area contributed by atoms with Gasteiger partial charge < -0.3 is 9.59 Å². The first-order valence-corrected chi connectivity index (χ1v) is 8.42. The summed E-state index contributed by atoms with van der Waals surface area (Å²) >= 11 is 0. The van der Waals surface area contributed by atoms with Gasteiger partial charge >= 0.3 is 0 Å². The molecule has 0 atom stereocenters. The number of piperazine rings is 1. The number of rotatable bonds is 5. The van der Waals surface area contributed by atoms with Crippen molar-refractivity contribution in [2.75, 3.05) is 79.8 Å². The van der Waals surface area contributed by atoms with Crippen LogP contribution in [0.2, 0.25) is 0 Å². The summed E-state index contributed by atoms with van der Waals surface area (Å²) in [6.45, 7) is 4.46. The van der Waals surface area contributed by atoms with E-state index in [9.17, 15) is 8.42 Å². The van der Waals surface area contributed by atoms with Crippen LogP contribution in [0, 0.1) is 0 Å². The molecule has 0 unspecified atom stereocenters. The molecule has 0 aromatic carbocycles. The summed E-state index contributed by atoms with van der Waals surface area (Å²) in [5.41, 5.74) is 0. The van der Waals surface area contributed by atoms with Gasteiger partial charge in [0.05, 0.1) is 40.6 Å². The largest absolute Gasteiger partial charge is 0.395 e. The molecule has 1 aliphatic rings. The number of aliphatic hydroxyl groups is 1. The van der Waals surface area contributed by atoms with E-state index in [1.54, 1.807) is 0 Å². The van der Waals surface area contributed by atoms with Crippen molar-refractivity contribution in [2.24, 2.45) is 0 Å². The summed E-state index contributed by atoms with van der Waals surface area (Å²) in [4.78, 5) is 4.13. The zero-order chi connectivity index (χ0) is 15.8. The average Bonchev–Trinajstić information content (AvgIpc) is 2.25. The molecular weight excluding hydrogens is 282 g/mol. The minimum Gasteiger partial charge on any atom is -0.395 e. The molecule has 1 rings (SSSR count). The molecule has 0 bridgehead atoms. The Kier molecular flexibility index (Phi) is 8.80. The minimum absolute atomic E-state index is 0.158. The first-order valence-electron chi connectivity index (χ1n) is 6.81. The van der Waals surface area contributed by atoms with Crippen LogP contribution in [0.4, 0.5) is 0 Å². The Morgan fingerprint density at radius 1 is 0.950 bits per heavy atom. The van der Waals surface area contributed by atoms with E-state index >= 15 is 0 Å². The van der Waals surface area contributed by atoms with E-state index in [-0.39, 0.29) is 12.4 Å². The maximum Gasteiger partial charge on any atom is 0.266 e. The number of hydrogen-bond acceptors (Lipinski definition) is 5. The van der Waals surface area contributed by atoms with Crippen LogP contribution in [-0.4, -0.2) is 112 Å². The van der Waals surface area contributed by atoms with Crippen molar-refractivity contribution in [3.63, 3.8) is 0 Å². The third kappa shape index (κ3) is 14.2. The lowest BCUT2D eigenvalue weighted by Gasteiger charge is -2.33. The third-order valence-electron chi connectivity index (χ3n) is 2.55. The average molecular weight is 312 g/mol. The molecule has 7 nitrogen and oxygen atoms in total. The number of quaternary nitrogens is 1. The van der Waals surface area contributed by atoms with Crippen molar-refractivity contribution in [1.82, 2.24) is 9.80 Å². The summed E-state index contributed by atoms with van der Waals surface area (Å²) < 4.78 is 30.6. The van der Waals surface area contributed by atoms with E-state index in [1.165, 1.54) is 0 Å². The molecular formula is C12H30N3O4S+. The summed E-state index contributed by atoms with van der Waals surface area (Å²) in [6.07, 6.45) is 0. The van der Waals surface area contributed by atoms with Crippen molar-refractivity contribution < 1.29 is 22.6 Å². The van der Waals surface area contributed by atoms with Crippen molar-refractivity contribution in [3.05, 3.63) is 0 Å². The Bertz CT molecular complexity index is 340. The molecule has 1 heterocycles. The Hall–Kier alpha value is -0.250. The lowest BCUT2D eigenvalue weighted by molar-refractivity contribution is -0.849. The smallest absolute Gasteiger partial charge is 0.266 e. The monoisotopic (exact) mass is 312 g/mol. The molecule has 0 spiro atoms. The second-order valence-electron chi connectivity index (χ2n) is 6.38. The predicted molar refractivity (Wildman–Crippen MR) is 80.3 cm³/mol. The fourth-order valence-corrected chi connectivity index (χ4v) is 2.11. The van der Waals surface area contributed by atoms with Gasteiger partial charge in [-0.2, -0.15) is 8.42 Å². The maximum atomic E-state index is 10.5. The molecule has 0 aliphatic carbocycles. The Morgan fingerprint density at radius 3 is 1.60 bits per heavy atom. The molecule has 0 radical (unpaired) electrons. The van der Waals surface area contributed by atoms with E-state index in [2.05, 4.69) is 33.1 Å². The van der Waals surface area contributed by atoms with Gasteiger partial charge in [0, 0.05) is 39.3 Å². The molecule has 1 saturated heterocycles. The highest BCUT2D eigenvalue weighted by Gasteiger charge is 2.17. The Balaban J connectivity index is 0.000000621. The van der Waals surface area contributed by atoms with Gasteiger partial charge in [-0.25, -0.2) is 0 Å². The fraction of sp³-hybridized carbons (Fsp3) is 1.00. The van der Waals surface area contributed by atoms with Crippen molar-refractivity contribution in [2.45, 2.75) is 0 Å². The molecule has 0 amide bonds. The second-order valence-corrected chi connectivity index (χ2v) is 7.95. The molecule has 122 valence electrons. The van der Waals surface area contributed by atoms with Crippen molar-refractivity contribution in [1.29, 1.82) is 0 Å². The zero-order valence-corrected chi connectivity index (χ0v) is 13.9. The van der Waals surface area contributed by atoms with Crippen LogP contribution in [-0.2, 0) is 10.1 Å². The summed E-state index contributed by atoms with van der Waals surface area (Å²) in [5, 5.41) is 8.73. The summed E-state index contributed by atoms with van der Waals surface area (Å²) in [6, 6.07) is 0. The zero-order valence-electron chi connectivity index (χ0n) is 13.1. The van der Waals surface area contributed by atoms with Gasteiger partial charge in [-0.3, -0.25) is 14.4 Å². The van der Waals surface area contributed by atoms with E-state index in [0.717, 1.165) is 30.7 Å². The normalized spacial score (nSPS) is 18.5. The first kappa shape index (κ1) is 19.8. The van der Waals surface area contributed by atoms with E-state index in [0.29, 0.717) is 13.1 Å². The van der Waals surface area contributed by atoms with Crippen LogP contribution in [0.15, 0.2) is 0 Å².